The van der Waals surface area contributed by atoms with E-state index in [9.17, 15) is 0 Å². The van der Waals surface area contributed by atoms with Gasteiger partial charge in [0.2, 0.25) is 5.88 Å². The van der Waals surface area contributed by atoms with E-state index in [1.807, 2.05) is 12.3 Å². The van der Waals surface area contributed by atoms with Crippen LogP contribution < -0.4 is 4.74 Å². The molecule has 2 heterocycles. The minimum absolute atomic E-state index is 0.309. The Morgan fingerprint density at radius 1 is 1.38 bits per heavy atom. The molecular weight excluding hydrogens is 198 g/mol. The van der Waals surface area contributed by atoms with Crippen molar-refractivity contribution in [2.75, 3.05) is 0 Å². The highest BCUT2D eigenvalue weighted by Gasteiger charge is 2.36. The molecular formula is C14H21NO. The van der Waals surface area contributed by atoms with Crippen LogP contribution in [-0.2, 0) is 0 Å². The van der Waals surface area contributed by atoms with Gasteiger partial charge < -0.3 is 4.74 Å². The molecule has 1 aliphatic heterocycles. The molecule has 16 heavy (non-hydrogen) atoms. The average molecular weight is 219 g/mol. The van der Waals surface area contributed by atoms with Crippen LogP contribution in [-0.4, -0.2) is 11.1 Å². The lowest BCUT2D eigenvalue weighted by atomic mass is 9.79. The largest absolute Gasteiger partial charge is 0.474 e. The highest BCUT2D eigenvalue weighted by atomic mass is 16.5. The number of aromatic nitrogens is 1. The van der Waals surface area contributed by atoms with Gasteiger partial charge in [-0.05, 0) is 24.3 Å². The molecule has 0 N–H and O–H groups in total. The summed E-state index contributed by atoms with van der Waals surface area (Å²) in [6, 6.07) is 4.17. The summed E-state index contributed by atoms with van der Waals surface area (Å²) in [5.41, 5.74) is 1.63. The average Bonchev–Trinajstić information content (AvgIpc) is 2.55. The molecule has 0 amide bonds. The van der Waals surface area contributed by atoms with Gasteiger partial charge in [0.25, 0.3) is 0 Å². The number of hydrogen-bond donors (Lipinski definition) is 0. The van der Waals surface area contributed by atoms with Crippen LogP contribution in [0, 0.1) is 5.41 Å². The van der Waals surface area contributed by atoms with Gasteiger partial charge in [0.15, 0.2) is 0 Å². The van der Waals surface area contributed by atoms with Crippen LogP contribution in [0.3, 0.4) is 0 Å². The van der Waals surface area contributed by atoms with E-state index in [1.165, 1.54) is 5.56 Å². The molecule has 2 nitrogen and oxygen atoms in total. The van der Waals surface area contributed by atoms with Crippen LogP contribution in [0.5, 0.6) is 5.88 Å². The Bertz CT molecular complexity index is 367. The monoisotopic (exact) mass is 219 g/mol. The maximum absolute atomic E-state index is 5.90. The normalized spacial score (nSPS) is 24.0. The van der Waals surface area contributed by atoms with Gasteiger partial charge in [-0.3, -0.25) is 0 Å². The lowest BCUT2D eigenvalue weighted by Crippen LogP contribution is -2.22. The summed E-state index contributed by atoms with van der Waals surface area (Å²) in [4.78, 5) is 4.32. The van der Waals surface area contributed by atoms with Crippen molar-refractivity contribution in [2.24, 2.45) is 5.41 Å². The number of nitrogens with zero attached hydrogens (tertiary/aromatic N) is 1. The van der Waals surface area contributed by atoms with Gasteiger partial charge in [0.1, 0.15) is 6.10 Å². The van der Waals surface area contributed by atoms with Crippen molar-refractivity contribution in [1.29, 1.82) is 0 Å². The van der Waals surface area contributed by atoms with Crippen molar-refractivity contribution in [2.45, 2.75) is 52.6 Å². The molecule has 1 aromatic heterocycles. The highest BCUT2D eigenvalue weighted by Crippen LogP contribution is 2.43. The fraction of sp³-hybridized carbons (Fsp3) is 0.643. The third-order valence-electron chi connectivity index (χ3n) is 3.15. The maximum atomic E-state index is 5.90. The minimum Gasteiger partial charge on any atom is -0.474 e. The number of ether oxygens (including phenoxy) is 1. The lowest BCUT2D eigenvalue weighted by molar-refractivity contribution is 0.169. The molecule has 0 saturated carbocycles. The smallest absolute Gasteiger partial charge is 0.217 e. The second-order valence-corrected chi connectivity index (χ2v) is 5.83. The first-order valence-corrected chi connectivity index (χ1v) is 6.13. The Hall–Kier alpha value is -1.05. The summed E-state index contributed by atoms with van der Waals surface area (Å²) in [6.45, 7) is 9.04. The molecule has 2 heteroatoms. The number of hydrogen-bond acceptors (Lipinski definition) is 2. The molecule has 0 fully saturated rings. The zero-order chi connectivity index (χ0) is 11.8. The summed E-state index contributed by atoms with van der Waals surface area (Å²) in [5, 5.41) is 0. The predicted molar refractivity (Wildman–Crippen MR) is 65.8 cm³/mol. The molecule has 2 unspecified atom stereocenters. The number of fused-ring (bicyclic) bond motifs is 1. The van der Waals surface area contributed by atoms with E-state index >= 15 is 0 Å². The summed E-state index contributed by atoms with van der Waals surface area (Å²) in [5.74, 6) is 1.36. The van der Waals surface area contributed by atoms with Crippen molar-refractivity contribution >= 4 is 0 Å². The molecule has 0 radical (unpaired) electrons. The summed E-state index contributed by atoms with van der Waals surface area (Å²) < 4.78 is 5.90. The molecule has 0 aromatic carbocycles. The van der Waals surface area contributed by atoms with Crippen LogP contribution in [0.15, 0.2) is 18.3 Å². The predicted octanol–water partition coefficient (Wildman–Crippen LogP) is 3.77. The van der Waals surface area contributed by atoms with E-state index in [2.05, 4.69) is 38.7 Å². The van der Waals surface area contributed by atoms with E-state index in [0.717, 1.165) is 18.7 Å². The van der Waals surface area contributed by atoms with Crippen LogP contribution in [0.25, 0.3) is 0 Å². The summed E-state index contributed by atoms with van der Waals surface area (Å²) in [6.07, 6.45) is 4.33. The first-order valence-electron chi connectivity index (χ1n) is 6.13. The zero-order valence-corrected chi connectivity index (χ0v) is 10.7. The Kier molecular flexibility index (Phi) is 2.92. The van der Waals surface area contributed by atoms with Gasteiger partial charge in [-0.2, -0.15) is 0 Å². The van der Waals surface area contributed by atoms with Gasteiger partial charge >= 0.3 is 0 Å². The fourth-order valence-electron chi connectivity index (χ4n) is 2.48. The summed E-state index contributed by atoms with van der Waals surface area (Å²) >= 11 is 0. The fourth-order valence-corrected chi connectivity index (χ4v) is 2.48. The third-order valence-corrected chi connectivity index (χ3v) is 3.15. The maximum Gasteiger partial charge on any atom is 0.217 e. The summed E-state index contributed by atoms with van der Waals surface area (Å²) in [7, 11) is 0. The molecule has 1 aromatic rings. The van der Waals surface area contributed by atoms with Crippen LogP contribution >= 0.6 is 0 Å². The Morgan fingerprint density at radius 2 is 2.12 bits per heavy atom. The van der Waals surface area contributed by atoms with Gasteiger partial charge in [-0.25, -0.2) is 4.98 Å². The Labute approximate surface area is 98.0 Å². The Morgan fingerprint density at radius 3 is 2.75 bits per heavy atom. The molecule has 0 bridgehead atoms. The van der Waals surface area contributed by atoms with Gasteiger partial charge in [0, 0.05) is 17.7 Å². The molecule has 2 atom stereocenters. The molecule has 88 valence electrons. The molecule has 0 spiro atoms. The van der Waals surface area contributed by atoms with Crippen molar-refractivity contribution < 1.29 is 4.74 Å². The minimum atomic E-state index is 0.309. The van der Waals surface area contributed by atoms with E-state index in [1.54, 1.807) is 0 Å². The van der Waals surface area contributed by atoms with Gasteiger partial charge in [0.05, 0.1) is 0 Å². The third kappa shape index (κ3) is 2.21. The zero-order valence-electron chi connectivity index (χ0n) is 10.7. The SMILES string of the molecule is CCC1Oc2ncccc2C1CC(C)(C)C. The van der Waals surface area contributed by atoms with E-state index < -0.39 is 0 Å². The first kappa shape index (κ1) is 11.4. The second kappa shape index (κ2) is 4.08. The van der Waals surface area contributed by atoms with E-state index in [0.29, 0.717) is 17.4 Å². The van der Waals surface area contributed by atoms with Crippen LogP contribution in [0.2, 0.25) is 0 Å². The quantitative estimate of drug-likeness (QED) is 0.755. The van der Waals surface area contributed by atoms with Crippen molar-refractivity contribution in [3.8, 4) is 5.88 Å². The molecule has 0 aliphatic carbocycles. The molecule has 0 saturated heterocycles. The lowest BCUT2D eigenvalue weighted by Gasteiger charge is -2.25. The standard InChI is InChI=1S/C14H21NO/c1-5-12-11(9-14(2,3)4)10-7-6-8-15-13(10)16-12/h6-8,11-12H,5,9H2,1-4H3. The van der Waals surface area contributed by atoms with Gasteiger partial charge in [-0.15, -0.1) is 0 Å². The highest BCUT2D eigenvalue weighted by molar-refractivity contribution is 5.35. The number of pyridine rings is 1. The van der Waals surface area contributed by atoms with Crippen LogP contribution in [0.1, 0.15) is 52.0 Å². The Balaban J connectivity index is 2.27. The molecule has 2 rings (SSSR count). The van der Waals surface area contributed by atoms with Crippen molar-refractivity contribution in [3.05, 3.63) is 23.9 Å². The van der Waals surface area contributed by atoms with E-state index in [-0.39, 0.29) is 0 Å². The first-order chi connectivity index (χ1) is 7.51. The van der Waals surface area contributed by atoms with E-state index in [4.69, 9.17) is 4.74 Å². The molecule has 1 aliphatic rings. The van der Waals surface area contributed by atoms with Crippen molar-refractivity contribution in [3.63, 3.8) is 0 Å². The van der Waals surface area contributed by atoms with Crippen molar-refractivity contribution in [1.82, 2.24) is 4.98 Å². The topological polar surface area (TPSA) is 22.1 Å². The second-order valence-electron chi connectivity index (χ2n) is 5.83. The van der Waals surface area contributed by atoms with Gasteiger partial charge in [-0.1, -0.05) is 33.8 Å². The number of rotatable bonds is 2. The van der Waals surface area contributed by atoms with Crippen LogP contribution in [0.4, 0.5) is 0 Å².